The summed E-state index contributed by atoms with van der Waals surface area (Å²) < 4.78 is 4.65. The highest BCUT2D eigenvalue weighted by atomic mass is 16.6. The first-order valence-corrected chi connectivity index (χ1v) is 11.6. The van der Waals surface area contributed by atoms with Gasteiger partial charge in [0.05, 0.1) is 18.6 Å². The van der Waals surface area contributed by atoms with E-state index in [-0.39, 0.29) is 6.42 Å². The topological polar surface area (TPSA) is 104 Å². The maximum atomic E-state index is 11.9. The molecule has 0 saturated heterocycles. The lowest BCUT2D eigenvalue weighted by molar-refractivity contribution is -0.162. The van der Waals surface area contributed by atoms with Gasteiger partial charge in [-0.05, 0) is 19.3 Å². The van der Waals surface area contributed by atoms with Gasteiger partial charge >= 0.3 is 11.9 Å². The predicted octanol–water partition coefficient (Wildman–Crippen LogP) is 4.28. The van der Waals surface area contributed by atoms with E-state index in [2.05, 4.69) is 4.74 Å². The summed E-state index contributed by atoms with van der Waals surface area (Å²) in [5, 5.41) is 27.3. The van der Waals surface area contributed by atoms with Crippen LogP contribution in [0, 0.1) is 5.92 Å². The molecule has 0 heterocycles. The fourth-order valence-electron chi connectivity index (χ4n) is 3.58. The number of carbonyl (C=O) groups excluding carboxylic acids is 2. The molecule has 0 aliphatic rings. The Morgan fingerprint density at radius 2 is 1.14 bits per heavy atom. The number of esters is 2. The van der Waals surface area contributed by atoms with Crippen molar-refractivity contribution >= 4 is 11.9 Å². The number of unbranched alkanes of at least 4 members (excludes halogenated alkanes) is 13. The van der Waals surface area contributed by atoms with Crippen LogP contribution in [0.4, 0.5) is 0 Å². The normalized spacial score (nSPS) is 13.2. The molecular formula is C23H44O6. The molecule has 0 spiro atoms. The molecular weight excluding hydrogens is 372 g/mol. The molecule has 0 radical (unpaired) electrons. The van der Waals surface area contributed by atoms with E-state index < -0.39 is 30.6 Å². The van der Waals surface area contributed by atoms with Crippen molar-refractivity contribution in [3.63, 3.8) is 0 Å². The SMILES string of the molecule is CC(=O)OC(=O)C(CCCCCCCCCCCCCCCCO)CC(O)CO. The third kappa shape index (κ3) is 18.8. The zero-order chi connectivity index (χ0) is 21.7. The van der Waals surface area contributed by atoms with Gasteiger partial charge in [-0.1, -0.05) is 83.5 Å². The first-order chi connectivity index (χ1) is 14.0. The quantitative estimate of drug-likeness (QED) is 0.155. The number of rotatable bonds is 20. The van der Waals surface area contributed by atoms with Crippen LogP contribution in [0.25, 0.3) is 0 Å². The van der Waals surface area contributed by atoms with Crippen LogP contribution in [0.3, 0.4) is 0 Å². The van der Waals surface area contributed by atoms with Crippen LogP contribution in [0.15, 0.2) is 0 Å². The minimum atomic E-state index is -0.958. The summed E-state index contributed by atoms with van der Waals surface area (Å²) in [6.45, 7) is 1.12. The van der Waals surface area contributed by atoms with Crippen molar-refractivity contribution in [2.24, 2.45) is 5.92 Å². The molecule has 0 aliphatic heterocycles. The highest BCUT2D eigenvalue weighted by Crippen LogP contribution is 2.19. The van der Waals surface area contributed by atoms with Gasteiger partial charge in [-0.2, -0.15) is 0 Å². The molecule has 0 rings (SSSR count). The Hall–Kier alpha value is -0.980. The molecule has 29 heavy (non-hydrogen) atoms. The lowest BCUT2D eigenvalue weighted by atomic mass is 9.94. The van der Waals surface area contributed by atoms with E-state index in [4.69, 9.17) is 10.2 Å². The Labute approximate surface area is 177 Å². The largest absolute Gasteiger partial charge is 0.396 e. The van der Waals surface area contributed by atoms with Crippen molar-refractivity contribution in [3.8, 4) is 0 Å². The van der Waals surface area contributed by atoms with Crippen LogP contribution >= 0.6 is 0 Å². The fourth-order valence-corrected chi connectivity index (χ4v) is 3.58. The van der Waals surface area contributed by atoms with Gasteiger partial charge in [0, 0.05) is 13.5 Å². The predicted molar refractivity (Wildman–Crippen MR) is 114 cm³/mol. The van der Waals surface area contributed by atoms with E-state index in [1.54, 1.807) is 0 Å². The molecule has 0 fully saturated rings. The van der Waals surface area contributed by atoms with Gasteiger partial charge in [0.2, 0.25) is 0 Å². The fraction of sp³-hybridized carbons (Fsp3) is 0.913. The molecule has 6 heteroatoms. The molecule has 0 aromatic heterocycles. The number of aliphatic hydroxyl groups is 3. The summed E-state index contributed by atoms with van der Waals surface area (Å²) in [5.74, 6) is -1.77. The third-order valence-corrected chi connectivity index (χ3v) is 5.31. The first kappa shape index (κ1) is 28.0. The summed E-state index contributed by atoms with van der Waals surface area (Å²) >= 11 is 0. The molecule has 0 saturated carbocycles. The number of carbonyl (C=O) groups is 2. The third-order valence-electron chi connectivity index (χ3n) is 5.31. The molecule has 0 amide bonds. The molecule has 6 nitrogen and oxygen atoms in total. The monoisotopic (exact) mass is 416 g/mol. The van der Waals surface area contributed by atoms with Gasteiger partial charge in [-0.25, -0.2) is 0 Å². The molecule has 2 unspecified atom stereocenters. The van der Waals surface area contributed by atoms with Gasteiger partial charge < -0.3 is 20.1 Å². The number of ether oxygens (including phenoxy) is 1. The minimum absolute atomic E-state index is 0.129. The zero-order valence-electron chi connectivity index (χ0n) is 18.4. The summed E-state index contributed by atoms with van der Waals surface area (Å²) in [6, 6.07) is 0. The number of aliphatic hydroxyl groups excluding tert-OH is 3. The van der Waals surface area contributed by atoms with Gasteiger partial charge in [-0.3, -0.25) is 9.59 Å². The van der Waals surface area contributed by atoms with Crippen LogP contribution < -0.4 is 0 Å². The Bertz CT molecular complexity index is 399. The molecule has 3 N–H and O–H groups in total. The summed E-state index contributed by atoms with van der Waals surface area (Å²) in [6.07, 6.45) is 16.3. The zero-order valence-corrected chi connectivity index (χ0v) is 18.4. The van der Waals surface area contributed by atoms with E-state index in [1.807, 2.05) is 0 Å². The minimum Gasteiger partial charge on any atom is -0.396 e. The van der Waals surface area contributed by atoms with Gasteiger partial charge in [-0.15, -0.1) is 0 Å². The lowest BCUT2D eigenvalue weighted by Gasteiger charge is -2.17. The smallest absolute Gasteiger partial charge is 0.316 e. The van der Waals surface area contributed by atoms with Crippen molar-refractivity contribution in [1.29, 1.82) is 0 Å². The summed E-state index contributed by atoms with van der Waals surface area (Å²) in [5.41, 5.74) is 0. The Morgan fingerprint density at radius 3 is 1.52 bits per heavy atom. The van der Waals surface area contributed by atoms with E-state index in [9.17, 15) is 14.7 Å². The second-order valence-corrected chi connectivity index (χ2v) is 8.14. The molecule has 0 aromatic carbocycles. The Morgan fingerprint density at radius 1 is 0.724 bits per heavy atom. The van der Waals surface area contributed by atoms with Crippen LogP contribution in [0.5, 0.6) is 0 Å². The maximum Gasteiger partial charge on any atom is 0.316 e. The average Bonchev–Trinajstić information content (AvgIpc) is 2.69. The number of hydrogen-bond donors (Lipinski definition) is 3. The number of hydrogen-bond acceptors (Lipinski definition) is 6. The van der Waals surface area contributed by atoms with E-state index in [1.165, 1.54) is 64.7 Å². The van der Waals surface area contributed by atoms with Crippen LogP contribution in [0.2, 0.25) is 0 Å². The van der Waals surface area contributed by atoms with Crippen LogP contribution in [-0.2, 0) is 14.3 Å². The molecule has 0 aliphatic carbocycles. The average molecular weight is 417 g/mol. The van der Waals surface area contributed by atoms with Gasteiger partial charge in [0.1, 0.15) is 0 Å². The Kier molecular flexibility index (Phi) is 19.6. The van der Waals surface area contributed by atoms with Crippen molar-refractivity contribution in [1.82, 2.24) is 0 Å². The standard InChI is InChI=1S/C23H44O6/c1-20(26)29-23(28)21(18-22(27)19-25)16-14-12-10-8-6-4-2-3-5-7-9-11-13-15-17-24/h21-22,24-25,27H,2-19H2,1H3. The molecule has 0 aromatic rings. The summed E-state index contributed by atoms with van der Waals surface area (Å²) in [7, 11) is 0. The van der Waals surface area contributed by atoms with Gasteiger partial charge in [0.15, 0.2) is 0 Å². The van der Waals surface area contributed by atoms with Crippen molar-refractivity contribution in [2.75, 3.05) is 13.2 Å². The molecule has 0 bridgehead atoms. The molecule has 172 valence electrons. The second kappa shape index (κ2) is 20.3. The van der Waals surface area contributed by atoms with Crippen molar-refractivity contribution in [3.05, 3.63) is 0 Å². The second-order valence-electron chi connectivity index (χ2n) is 8.14. The first-order valence-electron chi connectivity index (χ1n) is 11.6. The highest BCUT2D eigenvalue weighted by Gasteiger charge is 2.24. The van der Waals surface area contributed by atoms with Gasteiger partial charge in [0.25, 0.3) is 0 Å². The van der Waals surface area contributed by atoms with Crippen LogP contribution in [-0.4, -0.2) is 46.6 Å². The highest BCUT2D eigenvalue weighted by molar-refractivity contribution is 5.85. The van der Waals surface area contributed by atoms with Crippen molar-refractivity contribution < 1.29 is 29.6 Å². The van der Waals surface area contributed by atoms with E-state index >= 15 is 0 Å². The lowest BCUT2D eigenvalue weighted by Crippen LogP contribution is -2.26. The van der Waals surface area contributed by atoms with Crippen molar-refractivity contribution in [2.45, 2.75) is 116 Å². The maximum absolute atomic E-state index is 11.9. The Balaban J connectivity index is 3.62. The summed E-state index contributed by atoms with van der Waals surface area (Å²) in [4.78, 5) is 22.9. The van der Waals surface area contributed by atoms with Crippen LogP contribution in [0.1, 0.15) is 110 Å². The van der Waals surface area contributed by atoms with E-state index in [0.717, 1.165) is 32.1 Å². The molecule has 2 atom stereocenters. The van der Waals surface area contributed by atoms with E-state index in [0.29, 0.717) is 13.0 Å².